The van der Waals surface area contributed by atoms with Crippen molar-refractivity contribution in [2.24, 2.45) is 51.2 Å². The summed E-state index contributed by atoms with van der Waals surface area (Å²) in [5.74, 6) is 2.12. The Hall–Kier alpha value is -2.60. The Balaban J connectivity index is 1.15. The van der Waals surface area contributed by atoms with E-state index in [4.69, 9.17) is 4.74 Å². The Labute approximate surface area is 308 Å². The molecule has 0 saturated heterocycles. The predicted molar refractivity (Wildman–Crippen MR) is 205 cm³/mol. The standard InChI is InChI=1S/C45H66N2O4/c1-28(2)31-17-22-45(46-27-44(24-25-44)47-38(50)51-39(3,4)5)26-23-42(9)33(36(31)45)15-16-35-41(8)20-18-32(29-11-13-30(14-12-29)37(48)49)40(6,7)34(41)19-21-43(35,42)10/h11-14,18,31,33-36,46H,1,15-17,19-27H2,2-10H3,(H,47,50)(H,48,49)/t31-,33+,34-,35+,36+,41-,42+,43+,45-/m0/s1. The lowest BCUT2D eigenvalue weighted by atomic mass is 9.33. The number of hydrogen-bond acceptors (Lipinski definition) is 4. The minimum absolute atomic E-state index is 0.00503. The van der Waals surface area contributed by atoms with Gasteiger partial charge in [-0.25, -0.2) is 9.59 Å². The molecule has 5 saturated carbocycles. The van der Waals surface area contributed by atoms with Gasteiger partial charge in [-0.15, -0.1) is 0 Å². The molecule has 1 amide bonds. The maximum Gasteiger partial charge on any atom is 0.408 e. The molecule has 6 nitrogen and oxygen atoms in total. The molecule has 6 aliphatic carbocycles. The maximum atomic E-state index is 12.8. The van der Waals surface area contributed by atoms with Crippen LogP contribution in [0.2, 0.25) is 0 Å². The Morgan fingerprint density at radius 3 is 2.18 bits per heavy atom. The van der Waals surface area contributed by atoms with Gasteiger partial charge in [0.1, 0.15) is 5.60 Å². The highest BCUT2D eigenvalue weighted by atomic mass is 16.6. The number of benzene rings is 1. The highest BCUT2D eigenvalue weighted by Gasteiger charge is 2.70. The highest BCUT2D eigenvalue weighted by molar-refractivity contribution is 5.88. The van der Waals surface area contributed by atoms with Gasteiger partial charge in [0.15, 0.2) is 0 Å². The van der Waals surface area contributed by atoms with Crippen LogP contribution in [0.3, 0.4) is 0 Å². The first-order valence-electron chi connectivity index (χ1n) is 20.2. The van der Waals surface area contributed by atoms with Crippen LogP contribution in [0.25, 0.3) is 5.57 Å². The number of amides is 1. The largest absolute Gasteiger partial charge is 0.478 e. The SMILES string of the molecule is C=C(C)[C@@H]1CC[C@]2(NCC3(NC(=O)OC(C)(C)C)CC3)CC[C@]3(C)[C@H](CC[C@@H]4[C@@]5(C)CC=C(c6ccc(C(=O)O)cc6)C(C)(C)[C@@H]5CC[C@]43C)[C@@H]12. The van der Waals surface area contributed by atoms with Crippen LogP contribution in [0.1, 0.15) is 149 Å². The zero-order chi connectivity index (χ0) is 37.0. The number of fused-ring (bicyclic) bond motifs is 7. The molecule has 0 unspecified atom stereocenters. The van der Waals surface area contributed by atoms with Crippen molar-refractivity contribution in [2.75, 3.05) is 6.54 Å². The van der Waals surface area contributed by atoms with Crippen LogP contribution in [0.4, 0.5) is 4.79 Å². The van der Waals surface area contributed by atoms with Crippen molar-refractivity contribution >= 4 is 17.6 Å². The number of aromatic carboxylic acids is 1. The molecule has 0 aromatic heterocycles. The highest BCUT2D eigenvalue weighted by Crippen LogP contribution is 2.76. The summed E-state index contributed by atoms with van der Waals surface area (Å²) in [7, 11) is 0. The van der Waals surface area contributed by atoms with Gasteiger partial charge in [-0.1, -0.05) is 65.0 Å². The average Bonchev–Trinajstić information content (AvgIpc) is 3.67. The van der Waals surface area contributed by atoms with Crippen LogP contribution in [-0.2, 0) is 4.74 Å². The number of carbonyl (C=O) groups is 2. The molecule has 0 bridgehead atoms. The molecule has 280 valence electrons. The predicted octanol–water partition coefficient (Wildman–Crippen LogP) is 10.4. The molecule has 0 radical (unpaired) electrons. The minimum Gasteiger partial charge on any atom is -0.478 e. The molecule has 0 spiro atoms. The second kappa shape index (κ2) is 12.0. The zero-order valence-corrected chi connectivity index (χ0v) is 33.1. The third-order valence-corrected chi connectivity index (χ3v) is 16.5. The van der Waals surface area contributed by atoms with Crippen molar-refractivity contribution in [3.63, 3.8) is 0 Å². The summed E-state index contributed by atoms with van der Waals surface area (Å²) in [6, 6.07) is 7.59. The normalized spacial score (nSPS) is 40.4. The quantitative estimate of drug-likeness (QED) is 0.247. The fourth-order valence-corrected chi connectivity index (χ4v) is 13.7. The van der Waals surface area contributed by atoms with E-state index < -0.39 is 11.6 Å². The molecule has 1 aromatic carbocycles. The van der Waals surface area contributed by atoms with Gasteiger partial charge in [0.05, 0.1) is 11.1 Å². The second-order valence-corrected chi connectivity index (χ2v) is 20.5. The van der Waals surface area contributed by atoms with Gasteiger partial charge in [0.2, 0.25) is 0 Å². The third kappa shape index (κ3) is 5.75. The van der Waals surface area contributed by atoms with Crippen molar-refractivity contribution in [3.8, 4) is 0 Å². The molecule has 5 fully saturated rings. The number of carbonyl (C=O) groups excluding carboxylic acids is 1. The van der Waals surface area contributed by atoms with Gasteiger partial charge in [-0.3, -0.25) is 0 Å². The van der Waals surface area contributed by atoms with E-state index in [1.165, 1.54) is 68.1 Å². The first-order valence-corrected chi connectivity index (χ1v) is 20.2. The van der Waals surface area contributed by atoms with Crippen LogP contribution >= 0.6 is 0 Å². The zero-order valence-electron chi connectivity index (χ0n) is 33.1. The number of carboxylic acid groups (broad SMARTS) is 1. The first kappa shape index (κ1) is 36.7. The summed E-state index contributed by atoms with van der Waals surface area (Å²) in [6.07, 6.45) is 15.3. The molecule has 0 aliphatic heterocycles. The summed E-state index contributed by atoms with van der Waals surface area (Å²) in [4.78, 5) is 24.4. The van der Waals surface area contributed by atoms with Crippen molar-refractivity contribution in [1.29, 1.82) is 0 Å². The molecule has 7 rings (SSSR count). The monoisotopic (exact) mass is 699 g/mol. The van der Waals surface area contributed by atoms with Crippen LogP contribution in [0, 0.1) is 51.2 Å². The summed E-state index contributed by atoms with van der Waals surface area (Å²) >= 11 is 0. The van der Waals surface area contributed by atoms with E-state index >= 15 is 0 Å². The van der Waals surface area contributed by atoms with Crippen LogP contribution in [-0.4, -0.2) is 40.4 Å². The van der Waals surface area contributed by atoms with Gasteiger partial charge in [0.25, 0.3) is 0 Å². The number of alkyl carbamates (subject to hydrolysis) is 1. The van der Waals surface area contributed by atoms with Gasteiger partial charge >= 0.3 is 12.1 Å². The van der Waals surface area contributed by atoms with Crippen LogP contribution < -0.4 is 10.6 Å². The topological polar surface area (TPSA) is 87.7 Å². The van der Waals surface area contributed by atoms with E-state index in [0.29, 0.717) is 35.2 Å². The number of ether oxygens (including phenoxy) is 1. The Kier molecular flexibility index (Phi) is 8.61. The lowest BCUT2D eigenvalue weighted by molar-refractivity contribution is -0.219. The van der Waals surface area contributed by atoms with Crippen molar-refractivity contribution in [1.82, 2.24) is 10.6 Å². The Morgan fingerprint density at radius 2 is 1.57 bits per heavy atom. The number of allylic oxidation sites excluding steroid dienone is 3. The van der Waals surface area contributed by atoms with E-state index in [-0.39, 0.29) is 38.8 Å². The molecule has 51 heavy (non-hydrogen) atoms. The van der Waals surface area contributed by atoms with E-state index in [2.05, 4.69) is 64.8 Å². The molecule has 9 atom stereocenters. The Morgan fingerprint density at radius 1 is 0.882 bits per heavy atom. The van der Waals surface area contributed by atoms with E-state index in [1.54, 1.807) is 12.1 Å². The molecule has 1 aromatic rings. The maximum absolute atomic E-state index is 12.8. The third-order valence-electron chi connectivity index (χ3n) is 16.5. The number of rotatable bonds is 7. The fraction of sp³-hybridized carbons (Fsp3) is 0.733. The van der Waals surface area contributed by atoms with Crippen molar-refractivity contribution < 1.29 is 19.4 Å². The fourth-order valence-electron chi connectivity index (χ4n) is 13.7. The summed E-state index contributed by atoms with van der Waals surface area (Å²) < 4.78 is 5.67. The van der Waals surface area contributed by atoms with Gasteiger partial charge in [-0.05, 0) is 173 Å². The number of nitrogens with one attached hydrogen (secondary N) is 2. The van der Waals surface area contributed by atoms with Crippen molar-refractivity contribution in [2.45, 2.75) is 150 Å². The molecule has 6 heteroatoms. The van der Waals surface area contributed by atoms with E-state index in [9.17, 15) is 14.7 Å². The van der Waals surface area contributed by atoms with Crippen LogP contribution in [0.5, 0.6) is 0 Å². The van der Waals surface area contributed by atoms with Gasteiger partial charge < -0.3 is 20.5 Å². The Bertz CT molecular complexity index is 1610. The smallest absolute Gasteiger partial charge is 0.408 e. The summed E-state index contributed by atoms with van der Waals surface area (Å²) in [5, 5.41) is 17.0. The lowest BCUT2D eigenvalue weighted by Gasteiger charge is -2.72. The second-order valence-electron chi connectivity index (χ2n) is 20.5. The van der Waals surface area contributed by atoms with Gasteiger partial charge in [-0.2, -0.15) is 0 Å². The van der Waals surface area contributed by atoms with E-state index in [0.717, 1.165) is 25.8 Å². The van der Waals surface area contributed by atoms with Gasteiger partial charge in [0, 0.05) is 12.1 Å². The molecule has 6 aliphatic rings. The molecular weight excluding hydrogens is 633 g/mol. The molecular formula is C45H66N2O4. The number of carboxylic acids is 1. The molecule has 0 heterocycles. The summed E-state index contributed by atoms with van der Waals surface area (Å²) in [5.41, 5.74) is 4.40. The average molecular weight is 699 g/mol. The first-order chi connectivity index (χ1) is 23.7. The molecule has 3 N–H and O–H groups in total. The minimum atomic E-state index is -0.869. The van der Waals surface area contributed by atoms with E-state index in [1.807, 2.05) is 32.9 Å². The van der Waals surface area contributed by atoms with Crippen molar-refractivity contribution in [3.05, 3.63) is 53.6 Å². The lowest BCUT2D eigenvalue weighted by Crippen LogP contribution is -2.68. The summed E-state index contributed by atoms with van der Waals surface area (Å²) in [6.45, 7) is 26.5. The number of hydrogen-bond donors (Lipinski definition) is 3. The van der Waals surface area contributed by atoms with Crippen LogP contribution in [0.15, 0.2) is 42.5 Å².